The van der Waals surface area contributed by atoms with Crippen molar-refractivity contribution in [3.8, 4) is 11.3 Å². The summed E-state index contributed by atoms with van der Waals surface area (Å²) in [5, 5.41) is 3.87. The molecule has 1 aromatic heterocycles. The van der Waals surface area contributed by atoms with Crippen molar-refractivity contribution in [1.29, 1.82) is 0 Å². The van der Waals surface area contributed by atoms with E-state index in [0.717, 1.165) is 42.5 Å². The molecule has 0 N–H and O–H groups in total. The highest BCUT2D eigenvalue weighted by atomic mass is 32.2. The Kier molecular flexibility index (Phi) is 4.55. The zero-order chi connectivity index (χ0) is 16.4. The summed E-state index contributed by atoms with van der Waals surface area (Å²) >= 11 is 0. The molecule has 1 aliphatic heterocycles. The molecule has 124 valence electrons. The van der Waals surface area contributed by atoms with Gasteiger partial charge in [-0.15, -0.1) is 0 Å². The van der Waals surface area contributed by atoms with Gasteiger partial charge < -0.3 is 4.52 Å². The molecule has 0 saturated carbocycles. The van der Waals surface area contributed by atoms with E-state index in [2.05, 4.69) is 5.16 Å². The molecular weight excluding hydrogens is 312 g/mol. The fraction of sp³-hybridized carbons (Fsp3) is 0.471. The summed E-state index contributed by atoms with van der Waals surface area (Å²) in [5.41, 5.74) is 2.27. The number of aryl methyl sites for hydroxylation is 2. The Morgan fingerprint density at radius 1 is 1.04 bits per heavy atom. The third-order valence-electron chi connectivity index (χ3n) is 4.28. The molecule has 0 spiro atoms. The first kappa shape index (κ1) is 16.2. The maximum atomic E-state index is 13.0. The van der Waals surface area contributed by atoms with Crippen molar-refractivity contribution >= 4 is 10.0 Å². The van der Waals surface area contributed by atoms with Crippen molar-refractivity contribution in [3.63, 3.8) is 0 Å². The van der Waals surface area contributed by atoms with E-state index >= 15 is 0 Å². The molecule has 2 heterocycles. The fourth-order valence-electron chi connectivity index (χ4n) is 2.95. The van der Waals surface area contributed by atoms with Gasteiger partial charge in [0.15, 0.2) is 5.76 Å². The van der Waals surface area contributed by atoms with Gasteiger partial charge >= 0.3 is 0 Å². The molecule has 6 heteroatoms. The van der Waals surface area contributed by atoms with Crippen molar-refractivity contribution in [2.45, 2.75) is 44.4 Å². The molecule has 5 nitrogen and oxygen atoms in total. The maximum absolute atomic E-state index is 13.0. The topological polar surface area (TPSA) is 63.4 Å². The largest absolute Gasteiger partial charge is 0.356 e. The standard InChI is InChI=1S/C17H22N2O3S/c1-13-7-8-15(16-11-14(2)18-22-16)12-17(13)23(20,21)19-9-5-3-4-6-10-19/h7-8,11-12H,3-6,9-10H2,1-2H3. The van der Waals surface area contributed by atoms with E-state index in [-0.39, 0.29) is 0 Å². The highest BCUT2D eigenvalue weighted by Crippen LogP contribution is 2.28. The smallest absolute Gasteiger partial charge is 0.243 e. The van der Waals surface area contributed by atoms with Crippen LogP contribution in [0.1, 0.15) is 36.9 Å². The van der Waals surface area contributed by atoms with E-state index in [1.54, 1.807) is 10.4 Å². The zero-order valence-corrected chi connectivity index (χ0v) is 14.4. The Bertz CT molecular complexity index is 788. The first-order chi connectivity index (χ1) is 11.0. The Labute approximate surface area is 137 Å². The number of hydrogen-bond donors (Lipinski definition) is 0. The van der Waals surface area contributed by atoms with Crippen molar-refractivity contribution in [2.24, 2.45) is 0 Å². The lowest BCUT2D eigenvalue weighted by atomic mass is 10.1. The van der Waals surface area contributed by atoms with Crippen molar-refractivity contribution in [1.82, 2.24) is 9.46 Å². The van der Waals surface area contributed by atoms with Crippen LogP contribution in [0.25, 0.3) is 11.3 Å². The Morgan fingerprint density at radius 2 is 1.74 bits per heavy atom. The lowest BCUT2D eigenvalue weighted by molar-refractivity contribution is 0.423. The minimum absolute atomic E-state index is 0.367. The minimum atomic E-state index is -3.47. The third-order valence-corrected chi connectivity index (χ3v) is 6.32. The SMILES string of the molecule is Cc1cc(-c2ccc(C)c(S(=O)(=O)N3CCCCCC3)c2)on1. The predicted octanol–water partition coefficient (Wildman–Crippen LogP) is 3.52. The average molecular weight is 334 g/mol. The molecule has 1 aliphatic rings. The minimum Gasteiger partial charge on any atom is -0.356 e. The first-order valence-corrected chi connectivity index (χ1v) is 9.47. The maximum Gasteiger partial charge on any atom is 0.243 e. The highest BCUT2D eigenvalue weighted by molar-refractivity contribution is 7.89. The molecule has 1 saturated heterocycles. The molecule has 23 heavy (non-hydrogen) atoms. The van der Waals surface area contributed by atoms with Gasteiger partial charge in [0.1, 0.15) is 0 Å². The number of sulfonamides is 1. The van der Waals surface area contributed by atoms with E-state index in [0.29, 0.717) is 23.7 Å². The quantitative estimate of drug-likeness (QED) is 0.861. The first-order valence-electron chi connectivity index (χ1n) is 8.03. The van der Waals surface area contributed by atoms with Crippen molar-refractivity contribution in [2.75, 3.05) is 13.1 Å². The second kappa shape index (κ2) is 6.45. The summed E-state index contributed by atoms with van der Waals surface area (Å²) in [4.78, 5) is 0.367. The van der Waals surface area contributed by atoms with E-state index in [9.17, 15) is 8.42 Å². The van der Waals surface area contributed by atoms with Crippen LogP contribution in [0.3, 0.4) is 0 Å². The van der Waals surface area contributed by atoms with Crippen molar-refractivity contribution < 1.29 is 12.9 Å². The van der Waals surface area contributed by atoms with Gasteiger partial charge in [-0.2, -0.15) is 4.31 Å². The lowest BCUT2D eigenvalue weighted by Gasteiger charge is -2.21. The van der Waals surface area contributed by atoms with E-state index in [4.69, 9.17) is 4.52 Å². The van der Waals surface area contributed by atoms with Gasteiger partial charge in [-0.05, 0) is 38.3 Å². The summed E-state index contributed by atoms with van der Waals surface area (Å²) in [5.74, 6) is 0.592. The summed E-state index contributed by atoms with van der Waals surface area (Å²) in [6.45, 7) is 4.89. The second-order valence-corrected chi connectivity index (χ2v) is 8.04. The van der Waals surface area contributed by atoms with Crippen molar-refractivity contribution in [3.05, 3.63) is 35.5 Å². The predicted molar refractivity (Wildman–Crippen MR) is 88.6 cm³/mol. The van der Waals surface area contributed by atoms with E-state index in [1.165, 1.54) is 0 Å². The van der Waals surface area contributed by atoms with Crippen LogP contribution in [-0.4, -0.2) is 31.0 Å². The molecule has 1 fully saturated rings. The van der Waals surface area contributed by atoms with Gasteiger partial charge in [0.25, 0.3) is 0 Å². The van der Waals surface area contributed by atoms with Gasteiger partial charge in [-0.25, -0.2) is 8.42 Å². The van der Waals surface area contributed by atoms with E-state index < -0.39 is 10.0 Å². The van der Waals surface area contributed by atoms with Crippen LogP contribution in [0, 0.1) is 13.8 Å². The molecule has 0 aliphatic carbocycles. The zero-order valence-electron chi connectivity index (χ0n) is 13.6. The van der Waals surface area contributed by atoms with Gasteiger partial charge in [-0.1, -0.05) is 30.1 Å². The van der Waals surface area contributed by atoms with Crippen LogP contribution >= 0.6 is 0 Å². The fourth-order valence-corrected chi connectivity index (χ4v) is 4.72. The van der Waals surface area contributed by atoms with Crippen LogP contribution in [0.4, 0.5) is 0 Å². The molecule has 1 aromatic carbocycles. The monoisotopic (exact) mass is 334 g/mol. The average Bonchev–Trinajstić information content (AvgIpc) is 2.78. The lowest BCUT2D eigenvalue weighted by Crippen LogP contribution is -2.32. The summed E-state index contributed by atoms with van der Waals surface area (Å²) < 4.78 is 32.9. The van der Waals surface area contributed by atoms with Crippen LogP contribution in [0.2, 0.25) is 0 Å². The van der Waals surface area contributed by atoms with Crippen LogP contribution in [0.15, 0.2) is 33.7 Å². The molecule has 0 atom stereocenters. The number of rotatable bonds is 3. The Morgan fingerprint density at radius 3 is 2.35 bits per heavy atom. The summed E-state index contributed by atoms with van der Waals surface area (Å²) in [7, 11) is -3.47. The number of hydrogen-bond acceptors (Lipinski definition) is 4. The molecule has 0 unspecified atom stereocenters. The number of benzene rings is 1. The second-order valence-electron chi connectivity index (χ2n) is 6.13. The van der Waals surface area contributed by atoms with Gasteiger partial charge in [-0.3, -0.25) is 0 Å². The summed E-state index contributed by atoms with van der Waals surface area (Å²) in [6.07, 6.45) is 4.06. The Hall–Kier alpha value is -1.66. The molecule has 3 rings (SSSR count). The molecular formula is C17H22N2O3S. The normalized spacial score (nSPS) is 17.1. The molecule has 0 bridgehead atoms. The van der Waals surface area contributed by atoms with Crippen LogP contribution in [0.5, 0.6) is 0 Å². The molecule has 0 radical (unpaired) electrons. The molecule has 2 aromatic rings. The van der Waals surface area contributed by atoms with Crippen LogP contribution < -0.4 is 0 Å². The van der Waals surface area contributed by atoms with Gasteiger partial charge in [0.05, 0.1) is 10.6 Å². The van der Waals surface area contributed by atoms with E-state index in [1.807, 2.05) is 32.0 Å². The Balaban J connectivity index is 2.00. The summed E-state index contributed by atoms with van der Waals surface area (Å²) in [6, 6.07) is 7.22. The third kappa shape index (κ3) is 3.33. The van der Waals surface area contributed by atoms with Crippen LogP contribution in [-0.2, 0) is 10.0 Å². The molecule has 0 amide bonds. The number of nitrogens with zero attached hydrogens (tertiary/aromatic N) is 2. The number of aromatic nitrogens is 1. The van der Waals surface area contributed by atoms with Gasteiger partial charge in [0.2, 0.25) is 10.0 Å². The highest BCUT2D eigenvalue weighted by Gasteiger charge is 2.27. The van der Waals surface area contributed by atoms with Gasteiger partial charge in [0, 0.05) is 24.7 Å².